The lowest BCUT2D eigenvalue weighted by atomic mass is 10.0. The number of non-ortho nitro benzene ring substituents is 1. The molecule has 1 aromatic carbocycles. The third-order valence-corrected chi connectivity index (χ3v) is 2.81. The highest BCUT2D eigenvalue weighted by Gasteiger charge is 2.13. The monoisotopic (exact) mass is 258 g/mol. The van der Waals surface area contributed by atoms with Crippen LogP contribution in [0.5, 0.6) is 0 Å². The van der Waals surface area contributed by atoms with Gasteiger partial charge in [0, 0.05) is 29.9 Å². The number of aryl methyl sites for hydroxylation is 1. The highest BCUT2D eigenvalue weighted by molar-refractivity contribution is 5.35. The normalized spacial score (nSPS) is 12.1. The molecule has 0 saturated carbocycles. The molecule has 1 N–H and O–H groups in total. The second kappa shape index (κ2) is 5.58. The van der Waals surface area contributed by atoms with Gasteiger partial charge in [-0.25, -0.2) is 0 Å². The van der Waals surface area contributed by atoms with Crippen LogP contribution in [0.3, 0.4) is 0 Å². The Balaban J connectivity index is 2.18. The maximum Gasteiger partial charge on any atom is 0.269 e. The van der Waals surface area contributed by atoms with E-state index in [0.717, 1.165) is 11.4 Å². The smallest absolute Gasteiger partial charge is 0.269 e. The van der Waals surface area contributed by atoms with E-state index in [2.05, 4.69) is 4.98 Å². The van der Waals surface area contributed by atoms with Gasteiger partial charge in [0.15, 0.2) is 0 Å². The molecule has 1 aromatic heterocycles. The quantitative estimate of drug-likeness (QED) is 0.675. The molecule has 0 saturated heterocycles. The number of aromatic nitrogens is 1. The third-order valence-electron chi connectivity index (χ3n) is 2.81. The molecule has 0 radical (unpaired) electrons. The van der Waals surface area contributed by atoms with E-state index in [4.69, 9.17) is 0 Å². The Bertz CT molecular complexity index is 599. The van der Waals surface area contributed by atoms with Gasteiger partial charge in [0.1, 0.15) is 0 Å². The first-order valence-corrected chi connectivity index (χ1v) is 5.91. The molecule has 5 nitrogen and oxygen atoms in total. The van der Waals surface area contributed by atoms with Crippen molar-refractivity contribution in [1.82, 2.24) is 4.98 Å². The van der Waals surface area contributed by atoms with Crippen LogP contribution in [0.4, 0.5) is 5.69 Å². The summed E-state index contributed by atoms with van der Waals surface area (Å²) < 4.78 is 0. The minimum atomic E-state index is -0.797. The van der Waals surface area contributed by atoms with E-state index >= 15 is 0 Å². The summed E-state index contributed by atoms with van der Waals surface area (Å²) in [5.41, 5.74) is 2.15. The maximum absolute atomic E-state index is 10.7. The Morgan fingerprint density at radius 2 is 2.05 bits per heavy atom. The average Bonchev–Trinajstić information content (AvgIpc) is 2.39. The minimum absolute atomic E-state index is 0.0197. The van der Waals surface area contributed by atoms with Crippen LogP contribution in [-0.4, -0.2) is 15.0 Å². The van der Waals surface area contributed by atoms with Crippen LogP contribution in [0.15, 0.2) is 42.5 Å². The summed E-state index contributed by atoms with van der Waals surface area (Å²) in [4.78, 5) is 14.5. The largest absolute Gasteiger partial charge is 0.388 e. The summed E-state index contributed by atoms with van der Waals surface area (Å²) in [6.07, 6.45) is -0.461. The molecular formula is C14H14N2O3. The number of nitro benzene ring substituents is 1. The summed E-state index contributed by atoms with van der Waals surface area (Å²) in [6.45, 7) is 1.88. The number of nitrogens with zero attached hydrogens (tertiary/aromatic N) is 2. The van der Waals surface area contributed by atoms with Crippen LogP contribution >= 0.6 is 0 Å². The molecule has 1 atom stereocenters. The fourth-order valence-electron chi connectivity index (χ4n) is 1.87. The number of aliphatic hydroxyl groups excluding tert-OH is 1. The van der Waals surface area contributed by atoms with Gasteiger partial charge in [-0.05, 0) is 24.6 Å². The van der Waals surface area contributed by atoms with Crippen molar-refractivity contribution in [2.45, 2.75) is 19.4 Å². The Kier molecular flexibility index (Phi) is 3.87. The number of hydrogen-bond donors (Lipinski definition) is 1. The van der Waals surface area contributed by atoms with Crippen molar-refractivity contribution in [2.75, 3.05) is 0 Å². The number of aliphatic hydroxyl groups is 1. The number of nitro groups is 1. The van der Waals surface area contributed by atoms with Crippen LogP contribution in [0.1, 0.15) is 23.1 Å². The number of rotatable bonds is 4. The molecule has 0 aliphatic heterocycles. The first kappa shape index (κ1) is 13.2. The topological polar surface area (TPSA) is 76.3 Å². The number of pyridine rings is 1. The molecule has 1 heterocycles. The van der Waals surface area contributed by atoms with Crippen molar-refractivity contribution in [2.24, 2.45) is 0 Å². The van der Waals surface area contributed by atoms with Crippen molar-refractivity contribution >= 4 is 5.69 Å². The lowest BCUT2D eigenvalue weighted by Gasteiger charge is -2.10. The van der Waals surface area contributed by atoms with Gasteiger partial charge in [0.25, 0.3) is 5.69 Å². The zero-order chi connectivity index (χ0) is 13.8. The summed E-state index contributed by atoms with van der Waals surface area (Å²) in [5, 5.41) is 20.8. The summed E-state index contributed by atoms with van der Waals surface area (Å²) in [5.74, 6) is 0. The van der Waals surface area contributed by atoms with E-state index in [0.29, 0.717) is 12.0 Å². The van der Waals surface area contributed by atoms with Crippen LogP contribution in [0, 0.1) is 17.0 Å². The van der Waals surface area contributed by atoms with Gasteiger partial charge in [-0.1, -0.05) is 18.2 Å². The molecule has 2 aromatic rings. The first-order valence-electron chi connectivity index (χ1n) is 5.91. The predicted octanol–water partition coefficient (Wildman–Crippen LogP) is 2.57. The fraction of sp³-hybridized carbons (Fsp3) is 0.214. The molecule has 0 bridgehead atoms. The van der Waals surface area contributed by atoms with Crippen LogP contribution in [0.25, 0.3) is 0 Å². The standard InChI is InChI=1S/C14H14N2O3/c1-10-4-2-6-12(15-10)9-14(17)11-5-3-7-13(8-11)16(18)19/h2-8,14,17H,9H2,1H3. The molecule has 2 rings (SSSR count). The van der Waals surface area contributed by atoms with E-state index in [1.54, 1.807) is 12.1 Å². The Labute approximate surface area is 110 Å². The zero-order valence-corrected chi connectivity index (χ0v) is 10.5. The zero-order valence-electron chi connectivity index (χ0n) is 10.5. The molecular weight excluding hydrogens is 244 g/mol. The Hall–Kier alpha value is -2.27. The van der Waals surface area contributed by atoms with Crippen molar-refractivity contribution < 1.29 is 10.0 Å². The molecule has 19 heavy (non-hydrogen) atoms. The number of benzene rings is 1. The van der Waals surface area contributed by atoms with Gasteiger partial charge >= 0.3 is 0 Å². The lowest BCUT2D eigenvalue weighted by molar-refractivity contribution is -0.385. The lowest BCUT2D eigenvalue weighted by Crippen LogP contribution is -2.04. The highest BCUT2D eigenvalue weighted by atomic mass is 16.6. The molecule has 0 aliphatic rings. The third kappa shape index (κ3) is 3.35. The second-order valence-electron chi connectivity index (χ2n) is 4.34. The van der Waals surface area contributed by atoms with Gasteiger partial charge in [-0.15, -0.1) is 0 Å². The van der Waals surface area contributed by atoms with Crippen LogP contribution < -0.4 is 0 Å². The SMILES string of the molecule is Cc1cccc(CC(O)c2cccc([N+](=O)[O-])c2)n1. The summed E-state index contributed by atoms with van der Waals surface area (Å²) in [7, 11) is 0. The van der Waals surface area contributed by atoms with Crippen LogP contribution in [0.2, 0.25) is 0 Å². The average molecular weight is 258 g/mol. The molecule has 98 valence electrons. The fourth-order valence-corrected chi connectivity index (χ4v) is 1.87. The molecule has 0 spiro atoms. The Morgan fingerprint density at radius 3 is 2.74 bits per heavy atom. The van der Waals surface area contributed by atoms with Gasteiger partial charge < -0.3 is 5.11 Å². The van der Waals surface area contributed by atoms with Crippen molar-refractivity contribution in [3.05, 3.63) is 69.5 Å². The van der Waals surface area contributed by atoms with Gasteiger partial charge in [-0.2, -0.15) is 0 Å². The molecule has 0 amide bonds. The first-order chi connectivity index (χ1) is 9.06. The van der Waals surface area contributed by atoms with E-state index in [1.165, 1.54) is 12.1 Å². The highest BCUT2D eigenvalue weighted by Crippen LogP contribution is 2.21. The van der Waals surface area contributed by atoms with Gasteiger partial charge in [-0.3, -0.25) is 15.1 Å². The van der Waals surface area contributed by atoms with Gasteiger partial charge in [0.05, 0.1) is 11.0 Å². The molecule has 5 heteroatoms. The minimum Gasteiger partial charge on any atom is -0.388 e. The van der Waals surface area contributed by atoms with E-state index < -0.39 is 11.0 Å². The van der Waals surface area contributed by atoms with E-state index in [1.807, 2.05) is 25.1 Å². The summed E-state index contributed by atoms with van der Waals surface area (Å²) >= 11 is 0. The second-order valence-corrected chi connectivity index (χ2v) is 4.34. The Morgan fingerprint density at radius 1 is 1.32 bits per heavy atom. The van der Waals surface area contributed by atoms with Crippen molar-refractivity contribution in [3.63, 3.8) is 0 Å². The maximum atomic E-state index is 10.7. The van der Waals surface area contributed by atoms with Crippen molar-refractivity contribution in [3.8, 4) is 0 Å². The number of hydrogen-bond acceptors (Lipinski definition) is 4. The molecule has 0 fully saturated rings. The molecule has 1 unspecified atom stereocenters. The van der Waals surface area contributed by atoms with E-state index in [-0.39, 0.29) is 5.69 Å². The van der Waals surface area contributed by atoms with E-state index in [9.17, 15) is 15.2 Å². The van der Waals surface area contributed by atoms with Crippen molar-refractivity contribution in [1.29, 1.82) is 0 Å². The predicted molar refractivity (Wildman–Crippen MR) is 70.7 cm³/mol. The molecule has 0 aliphatic carbocycles. The van der Waals surface area contributed by atoms with Gasteiger partial charge in [0.2, 0.25) is 0 Å². The summed E-state index contributed by atoms with van der Waals surface area (Å²) in [6, 6.07) is 11.6. The van der Waals surface area contributed by atoms with Crippen LogP contribution in [-0.2, 0) is 6.42 Å².